The molecule has 2 aromatic rings. The summed E-state index contributed by atoms with van der Waals surface area (Å²) in [4.78, 5) is 3.96. The van der Waals surface area contributed by atoms with E-state index in [0.717, 1.165) is 17.4 Å². The topological polar surface area (TPSA) is 22.1 Å². The van der Waals surface area contributed by atoms with Crippen LogP contribution in [0.25, 0.3) is 0 Å². The average molecular weight is 257 g/mol. The van der Waals surface area contributed by atoms with Gasteiger partial charge in [0.05, 0.1) is 6.61 Å². The number of rotatable bonds is 5. The van der Waals surface area contributed by atoms with E-state index >= 15 is 0 Å². The zero-order chi connectivity index (χ0) is 13.7. The molecule has 1 aromatic carbocycles. The van der Waals surface area contributed by atoms with Gasteiger partial charge in [-0.25, -0.2) is 4.39 Å². The first-order valence-corrected chi connectivity index (χ1v) is 6.48. The molecule has 1 aromatic heterocycles. The van der Waals surface area contributed by atoms with E-state index in [4.69, 9.17) is 4.74 Å². The second-order valence-electron chi connectivity index (χ2n) is 4.79. The summed E-state index contributed by atoms with van der Waals surface area (Å²) >= 11 is 0. The molecule has 1 heterocycles. The second kappa shape index (κ2) is 6.37. The predicted molar refractivity (Wildman–Crippen MR) is 77.0 cm³/mol. The van der Waals surface area contributed by atoms with Crippen molar-refractivity contribution in [2.45, 2.75) is 20.1 Å². The summed E-state index contributed by atoms with van der Waals surface area (Å²) in [5.74, 6) is 0.382. The van der Waals surface area contributed by atoms with Crippen molar-refractivity contribution in [3.63, 3.8) is 0 Å². The van der Waals surface area contributed by atoms with Gasteiger partial charge in [0.1, 0.15) is 11.6 Å². The number of halogens is 1. The van der Waals surface area contributed by atoms with Crippen LogP contribution in [0.3, 0.4) is 0 Å². The zero-order valence-electron chi connectivity index (χ0n) is 11.3. The molecule has 0 radical (unpaired) electrons. The van der Waals surface area contributed by atoms with Gasteiger partial charge in [-0.2, -0.15) is 0 Å². The van der Waals surface area contributed by atoms with Crippen LogP contribution < -0.4 is 10.2 Å². The fourth-order valence-corrected chi connectivity index (χ4v) is 1.90. The molecule has 0 aliphatic rings. The number of pyridine rings is 1. The summed E-state index contributed by atoms with van der Waals surface area (Å²) in [6, 6.07) is 8.98. The van der Waals surface area contributed by atoms with Crippen LogP contribution >= 0.6 is 0 Å². The molecule has 19 heavy (non-hydrogen) atoms. The minimum atomic E-state index is -0.198. The smallest absolute Gasteiger partial charge is 0.173 e. The third kappa shape index (κ3) is 3.81. The monoisotopic (exact) mass is 257 g/mol. The van der Waals surface area contributed by atoms with Gasteiger partial charge in [-0.1, -0.05) is 19.7 Å². The molecule has 0 unspecified atom stereocenters. The highest BCUT2D eigenvalue weighted by Gasteiger charge is 2.10. The minimum Gasteiger partial charge on any atom is -0.493 e. The Kier molecular flexibility index (Phi) is 4.55. The highest BCUT2D eigenvalue weighted by atomic mass is 19.1. The fraction of sp³-hybridized carbons (Fsp3) is 0.267. The Labute approximate surface area is 113 Å². The maximum Gasteiger partial charge on any atom is 0.173 e. The van der Waals surface area contributed by atoms with Gasteiger partial charge >= 0.3 is 0 Å². The molecular weight excluding hydrogens is 240 g/mol. The first-order valence-electron chi connectivity index (χ1n) is 6.48. The van der Waals surface area contributed by atoms with Crippen molar-refractivity contribution >= 4 is 12.2 Å². The summed E-state index contributed by atoms with van der Waals surface area (Å²) in [7, 11) is 0. The van der Waals surface area contributed by atoms with Crippen LogP contribution in [-0.4, -0.2) is 18.3 Å². The summed E-state index contributed by atoms with van der Waals surface area (Å²) < 4.78 is 19.3. The summed E-state index contributed by atoms with van der Waals surface area (Å²) in [5.41, 5.74) is 1.88. The second-order valence-corrected chi connectivity index (χ2v) is 4.79. The van der Waals surface area contributed by atoms with E-state index in [9.17, 15) is 4.39 Å². The third-order valence-electron chi connectivity index (χ3n) is 3.00. The van der Waals surface area contributed by atoms with E-state index in [1.54, 1.807) is 18.5 Å². The Bertz CT molecular complexity index is 531. The van der Waals surface area contributed by atoms with Gasteiger partial charge < -0.3 is 4.74 Å². The molecule has 0 spiro atoms. The van der Waals surface area contributed by atoms with Crippen LogP contribution in [0.4, 0.5) is 4.39 Å². The number of aromatic nitrogens is 1. The van der Waals surface area contributed by atoms with Gasteiger partial charge in [0.15, 0.2) is 6.71 Å². The molecule has 0 aliphatic heterocycles. The quantitative estimate of drug-likeness (QED) is 0.768. The summed E-state index contributed by atoms with van der Waals surface area (Å²) in [5, 5.41) is 0. The van der Waals surface area contributed by atoms with Crippen LogP contribution in [0.5, 0.6) is 5.75 Å². The van der Waals surface area contributed by atoms with Gasteiger partial charge in [0.2, 0.25) is 0 Å². The molecule has 98 valence electrons. The fourth-order valence-electron chi connectivity index (χ4n) is 1.90. The lowest BCUT2D eigenvalue weighted by molar-refractivity contribution is 0.320. The predicted octanol–water partition coefficient (Wildman–Crippen LogP) is 2.80. The molecule has 0 saturated carbocycles. The SMILES string of the molecule is CB(C)c1ccc(OCCc2ccncc2)cc1F. The Morgan fingerprint density at radius 2 is 1.89 bits per heavy atom. The number of hydrogen-bond donors (Lipinski definition) is 0. The van der Waals surface area contributed by atoms with E-state index in [1.807, 2.05) is 31.8 Å². The number of ether oxygens (including phenoxy) is 1. The minimum absolute atomic E-state index is 0.186. The van der Waals surface area contributed by atoms with Crippen molar-refractivity contribution in [2.24, 2.45) is 0 Å². The highest BCUT2D eigenvalue weighted by molar-refractivity contribution is 6.70. The van der Waals surface area contributed by atoms with E-state index in [-0.39, 0.29) is 12.5 Å². The molecule has 0 amide bonds. The third-order valence-corrected chi connectivity index (χ3v) is 3.00. The Morgan fingerprint density at radius 3 is 2.53 bits per heavy atom. The molecular formula is C15H17BFNO. The average Bonchev–Trinajstić information content (AvgIpc) is 2.39. The lowest BCUT2D eigenvalue weighted by Crippen LogP contribution is -2.25. The van der Waals surface area contributed by atoms with Crippen molar-refractivity contribution < 1.29 is 9.13 Å². The molecule has 2 rings (SSSR count). The normalized spacial score (nSPS) is 10.3. The van der Waals surface area contributed by atoms with Gasteiger partial charge in [-0.05, 0) is 29.2 Å². The van der Waals surface area contributed by atoms with Crippen LogP contribution in [0, 0.1) is 5.82 Å². The molecule has 4 heteroatoms. The Hall–Kier alpha value is -1.84. The lowest BCUT2D eigenvalue weighted by Gasteiger charge is -2.09. The standard InChI is InChI=1S/C15H17BFNO/c1-16(2)14-4-3-13(11-15(14)17)19-10-7-12-5-8-18-9-6-12/h3-6,8-9,11H,7,10H2,1-2H3. The molecule has 2 nitrogen and oxygen atoms in total. The molecule has 0 aliphatic carbocycles. The van der Waals surface area contributed by atoms with Crippen molar-refractivity contribution in [3.8, 4) is 5.75 Å². The number of benzene rings is 1. The maximum absolute atomic E-state index is 13.8. The van der Waals surface area contributed by atoms with Crippen LogP contribution in [-0.2, 0) is 6.42 Å². The largest absolute Gasteiger partial charge is 0.493 e. The highest BCUT2D eigenvalue weighted by Crippen LogP contribution is 2.12. The van der Waals surface area contributed by atoms with E-state index < -0.39 is 0 Å². The van der Waals surface area contributed by atoms with Crippen molar-refractivity contribution in [2.75, 3.05) is 6.61 Å². The van der Waals surface area contributed by atoms with Crippen molar-refractivity contribution in [3.05, 3.63) is 54.1 Å². The van der Waals surface area contributed by atoms with E-state index in [0.29, 0.717) is 12.4 Å². The number of nitrogens with zero attached hydrogens (tertiary/aromatic N) is 1. The molecule has 0 fully saturated rings. The first kappa shape index (κ1) is 13.6. The molecule has 0 atom stereocenters. The van der Waals surface area contributed by atoms with Gasteiger partial charge in [0, 0.05) is 24.9 Å². The Morgan fingerprint density at radius 1 is 1.16 bits per heavy atom. The van der Waals surface area contributed by atoms with Gasteiger partial charge in [0.25, 0.3) is 0 Å². The summed E-state index contributed by atoms with van der Waals surface area (Å²) in [6.45, 7) is 4.67. The molecule has 0 bridgehead atoms. The summed E-state index contributed by atoms with van der Waals surface area (Å²) in [6.07, 6.45) is 4.30. The van der Waals surface area contributed by atoms with Crippen LogP contribution in [0.15, 0.2) is 42.7 Å². The van der Waals surface area contributed by atoms with Crippen molar-refractivity contribution in [1.29, 1.82) is 0 Å². The molecule has 0 N–H and O–H groups in total. The van der Waals surface area contributed by atoms with Gasteiger partial charge in [-0.3, -0.25) is 4.98 Å². The van der Waals surface area contributed by atoms with Crippen LogP contribution in [0.2, 0.25) is 13.6 Å². The maximum atomic E-state index is 13.8. The van der Waals surface area contributed by atoms with Crippen molar-refractivity contribution in [1.82, 2.24) is 4.98 Å². The van der Waals surface area contributed by atoms with Crippen LogP contribution in [0.1, 0.15) is 5.56 Å². The lowest BCUT2D eigenvalue weighted by atomic mass is 9.49. The van der Waals surface area contributed by atoms with Gasteiger partial charge in [-0.15, -0.1) is 0 Å². The van der Waals surface area contributed by atoms with E-state index in [2.05, 4.69) is 4.98 Å². The zero-order valence-corrected chi connectivity index (χ0v) is 11.3. The number of hydrogen-bond acceptors (Lipinski definition) is 2. The van der Waals surface area contributed by atoms with E-state index in [1.165, 1.54) is 6.07 Å². The molecule has 0 saturated heterocycles. The Balaban J connectivity index is 1.92. The first-order chi connectivity index (χ1) is 9.16.